The minimum absolute atomic E-state index is 0.232. The first-order valence-corrected chi connectivity index (χ1v) is 9.04. The Balaban J connectivity index is 1.86. The second-order valence-corrected chi connectivity index (χ2v) is 7.18. The number of hydrogen-bond acceptors (Lipinski definition) is 4. The zero-order valence-electron chi connectivity index (χ0n) is 12.8. The number of fused-ring (bicyclic) bond motifs is 1. The first-order chi connectivity index (χ1) is 12.1. The third kappa shape index (κ3) is 3.06. The second-order valence-electron chi connectivity index (χ2n) is 5.46. The third-order valence-electron chi connectivity index (χ3n) is 3.83. The highest BCUT2D eigenvalue weighted by atomic mass is 79.9. The second kappa shape index (κ2) is 6.38. The SMILES string of the molecule is O=C(O)c1cc(-c2cc(-c3ccccc3)ns2)nc2ccc(Br)cc12. The molecule has 1 N–H and O–H groups in total. The summed E-state index contributed by atoms with van der Waals surface area (Å²) >= 11 is 4.69. The van der Waals surface area contributed by atoms with E-state index < -0.39 is 5.97 Å². The van der Waals surface area contributed by atoms with Crippen LogP contribution in [0.5, 0.6) is 0 Å². The number of rotatable bonds is 3. The van der Waals surface area contributed by atoms with Gasteiger partial charge < -0.3 is 5.11 Å². The molecule has 0 atom stereocenters. The quantitative estimate of drug-likeness (QED) is 0.485. The van der Waals surface area contributed by atoms with Gasteiger partial charge in [0.15, 0.2) is 0 Å². The fourth-order valence-corrected chi connectivity index (χ4v) is 3.72. The first kappa shape index (κ1) is 15.9. The minimum atomic E-state index is -0.973. The van der Waals surface area contributed by atoms with Gasteiger partial charge in [-0.2, -0.15) is 4.37 Å². The summed E-state index contributed by atoms with van der Waals surface area (Å²) in [6.07, 6.45) is 0. The van der Waals surface area contributed by atoms with E-state index in [0.717, 1.165) is 20.6 Å². The molecule has 2 heterocycles. The molecule has 4 nitrogen and oxygen atoms in total. The van der Waals surface area contributed by atoms with E-state index in [1.54, 1.807) is 12.1 Å². The van der Waals surface area contributed by atoms with Crippen molar-refractivity contribution >= 4 is 44.3 Å². The Morgan fingerprint density at radius 3 is 2.56 bits per heavy atom. The van der Waals surface area contributed by atoms with Crippen LogP contribution in [0.25, 0.3) is 32.7 Å². The first-order valence-electron chi connectivity index (χ1n) is 7.48. The molecule has 6 heteroatoms. The lowest BCUT2D eigenvalue weighted by Crippen LogP contribution is -2.00. The van der Waals surface area contributed by atoms with E-state index in [0.29, 0.717) is 16.6 Å². The largest absolute Gasteiger partial charge is 0.478 e. The van der Waals surface area contributed by atoms with E-state index in [1.807, 2.05) is 48.5 Å². The van der Waals surface area contributed by atoms with Crippen LogP contribution in [0.15, 0.2) is 65.1 Å². The highest BCUT2D eigenvalue weighted by Crippen LogP contribution is 2.32. The lowest BCUT2D eigenvalue weighted by atomic mass is 10.1. The summed E-state index contributed by atoms with van der Waals surface area (Å²) < 4.78 is 5.30. The van der Waals surface area contributed by atoms with Crippen LogP contribution in [0.3, 0.4) is 0 Å². The summed E-state index contributed by atoms with van der Waals surface area (Å²) in [4.78, 5) is 17.1. The predicted molar refractivity (Wildman–Crippen MR) is 103 cm³/mol. The van der Waals surface area contributed by atoms with E-state index in [1.165, 1.54) is 11.5 Å². The van der Waals surface area contributed by atoms with Crippen molar-refractivity contribution in [2.45, 2.75) is 0 Å². The third-order valence-corrected chi connectivity index (χ3v) is 5.14. The number of aromatic carboxylic acids is 1. The molecule has 2 aromatic carbocycles. The molecule has 122 valence electrons. The zero-order chi connectivity index (χ0) is 17.4. The Kier molecular flexibility index (Phi) is 4.07. The zero-order valence-corrected chi connectivity index (χ0v) is 15.2. The maximum Gasteiger partial charge on any atom is 0.336 e. The van der Waals surface area contributed by atoms with Gasteiger partial charge in [0.1, 0.15) is 0 Å². The maximum absolute atomic E-state index is 11.7. The van der Waals surface area contributed by atoms with Gasteiger partial charge in [0, 0.05) is 15.4 Å². The standard InChI is InChI=1S/C19H11BrN2O2S/c20-12-6-7-15-13(8-12)14(19(23)24)9-17(21-15)18-10-16(22-25-18)11-4-2-1-3-5-11/h1-10H,(H,23,24). The van der Waals surface area contributed by atoms with Gasteiger partial charge >= 0.3 is 5.97 Å². The van der Waals surface area contributed by atoms with Gasteiger partial charge in [-0.1, -0.05) is 46.3 Å². The van der Waals surface area contributed by atoms with E-state index in [-0.39, 0.29) is 5.56 Å². The van der Waals surface area contributed by atoms with Crippen LogP contribution in [-0.2, 0) is 0 Å². The van der Waals surface area contributed by atoms with Gasteiger partial charge in [-0.3, -0.25) is 0 Å². The average Bonchev–Trinajstić information content (AvgIpc) is 3.11. The molecule has 4 rings (SSSR count). The average molecular weight is 411 g/mol. The van der Waals surface area contributed by atoms with Gasteiger partial charge in [-0.15, -0.1) is 0 Å². The molecule has 0 radical (unpaired) electrons. The van der Waals surface area contributed by atoms with Crippen LogP contribution < -0.4 is 0 Å². The smallest absolute Gasteiger partial charge is 0.336 e. The summed E-state index contributed by atoms with van der Waals surface area (Å²) in [5.74, 6) is -0.973. The van der Waals surface area contributed by atoms with Crippen molar-refractivity contribution < 1.29 is 9.90 Å². The van der Waals surface area contributed by atoms with Gasteiger partial charge in [-0.25, -0.2) is 9.78 Å². The molecule has 4 aromatic rings. The summed E-state index contributed by atoms with van der Waals surface area (Å²) in [7, 11) is 0. The lowest BCUT2D eigenvalue weighted by Gasteiger charge is -2.06. The van der Waals surface area contributed by atoms with E-state index in [2.05, 4.69) is 25.3 Å². The van der Waals surface area contributed by atoms with Crippen LogP contribution in [0, 0.1) is 0 Å². The maximum atomic E-state index is 11.7. The van der Waals surface area contributed by atoms with Gasteiger partial charge in [-0.05, 0) is 41.9 Å². The number of carboxylic acids is 1. The highest BCUT2D eigenvalue weighted by molar-refractivity contribution is 9.10. The molecule has 0 spiro atoms. The summed E-state index contributed by atoms with van der Waals surface area (Å²) in [5.41, 5.74) is 3.37. The van der Waals surface area contributed by atoms with E-state index in [9.17, 15) is 9.90 Å². The molecule has 0 amide bonds. The van der Waals surface area contributed by atoms with Gasteiger partial charge in [0.05, 0.1) is 27.3 Å². The van der Waals surface area contributed by atoms with Crippen molar-refractivity contribution in [3.05, 3.63) is 70.7 Å². The molecular weight excluding hydrogens is 400 g/mol. The molecule has 0 aliphatic rings. The number of benzene rings is 2. The summed E-state index contributed by atoms with van der Waals surface area (Å²) in [6, 6.07) is 18.9. The van der Waals surface area contributed by atoms with Gasteiger partial charge in [0.25, 0.3) is 0 Å². The number of carbonyl (C=O) groups is 1. The molecule has 0 aliphatic carbocycles. The Morgan fingerprint density at radius 1 is 1.00 bits per heavy atom. The normalized spacial score (nSPS) is 10.9. The molecule has 2 aromatic heterocycles. The van der Waals surface area contributed by atoms with Crippen molar-refractivity contribution in [1.82, 2.24) is 9.36 Å². The number of aromatic nitrogens is 2. The summed E-state index contributed by atoms with van der Waals surface area (Å²) in [6.45, 7) is 0. The number of pyridine rings is 1. The van der Waals surface area contributed by atoms with Gasteiger partial charge in [0.2, 0.25) is 0 Å². The fourth-order valence-electron chi connectivity index (χ4n) is 2.64. The predicted octanol–water partition coefficient (Wildman–Crippen LogP) is 5.49. The molecule has 0 saturated carbocycles. The molecule has 0 fully saturated rings. The van der Waals surface area contributed by atoms with Crippen LogP contribution in [0.2, 0.25) is 0 Å². The monoisotopic (exact) mass is 410 g/mol. The van der Waals surface area contributed by atoms with Crippen molar-refractivity contribution in [3.8, 4) is 21.8 Å². The molecule has 0 bridgehead atoms. The minimum Gasteiger partial charge on any atom is -0.478 e. The Hall–Kier alpha value is -2.57. The van der Waals surface area contributed by atoms with Crippen molar-refractivity contribution in [3.63, 3.8) is 0 Å². The van der Waals surface area contributed by atoms with Crippen LogP contribution in [0.1, 0.15) is 10.4 Å². The Labute approximate surface area is 156 Å². The number of carboxylic acid groups (broad SMARTS) is 1. The van der Waals surface area contributed by atoms with Crippen LogP contribution >= 0.6 is 27.5 Å². The number of halogens is 1. The Morgan fingerprint density at radius 2 is 1.80 bits per heavy atom. The Bertz CT molecular complexity index is 1090. The molecule has 0 aliphatic heterocycles. The van der Waals surface area contributed by atoms with Crippen molar-refractivity contribution in [1.29, 1.82) is 0 Å². The fraction of sp³-hybridized carbons (Fsp3) is 0. The molecule has 0 saturated heterocycles. The van der Waals surface area contributed by atoms with E-state index in [4.69, 9.17) is 0 Å². The van der Waals surface area contributed by atoms with Crippen molar-refractivity contribution in [2.75, 3.05) is 0 Å². The van der Waals surface area contributed by atoms with Crippen LogP contribution in [0.4, 0.5) is 0 Å². The summed E-state index contributed by atoms with van der Waals surface area (Å²) in [5, 5.41) is 10.2. The topological polar surface area (TPSA) is 63.1 Å². The lowest BCUT2D eigenvalue weighted by molar-refractivity contribution is 0.0699. The molecular formula is C19H11BrN2O2S. The highest BCUT2D eigenvalue weighted by Gasteiger charge is 2.15. The number of hydrogen-bond donors (Lipinski definition) is 1. The molecule has 25 heavy (non-hydrogen) atoms. The van der Waals surface area contributed by atoms with Crippen molar-refractivity contribution in [2.24, 2.45) is 0 Å². The molecule has 0 unspecified atom stereocenters. The van der Waals surface area contributed by atoms with E-state index >= 15 is 0 Å². The van der Waals surface area contributed by atoms with Crippen LogP contribution in [-0.4, -0.2) is 20.4 Å². The number of nitrogens with zero attached hydrogens (tertiary/aromatic N) is 2.